The predicted molar refractivity (Wildman–Crippen MR) is 168 cm³/mol. The van der Waals surface area contributed by atoms with Crippen molar-refractivity contribution in [3.05, 3.63) is 94.4 Å². The number of hydrogen-bond acceptors (Lipinski definition) is 4. The Hall–Kier alpha value is -3.02. The zero-order valence-corrected chi connectivity index (χ0v) is 25.0. The number of aromatic nitrogens is 3. The molecule has 1 unspecified atom stereocenters. The van der Waals surface area contributed by atoms with Crippen LogP contribution in [0.3, 0.4) is 0 Å². The number of nitrogens with zero attached hydrogens (tertiary/aromatic N) is 4. The van der Waals surface area contributed by atoms with Gasteiger partial charge in [-0.1, -0.05) is 56.7 Å². The van der Waals surface area contributed by atoms with Gasteiger partial charge in [-0.3, -0.25) is 9.98 Å². The molecule has 0 spiro atoms. The minimum Gasteiger partial charge on any atom is -0.335 e. The van der Waals surface area contributed by atoms with Gasteiger partial charge >= 0.3 is 0 Å². The lowest BCUT2D eigenvalue weighted by Crippen LogP contribution is -2.32. The van der Waals surface area contributed by atoms with Crippen molar-refractivity contribution in [2.45, 2.75) is 72.8 Å². The van der Waals surface area contributed by atoms with Gasteiger partial charge in [0.2, 0.25) is 0 Å². The van der Waals surface area contributed by atoms with Crippen molar-refractivity contribution in [1.82, 2.24) is 19.9 Å². The molecule has 1 aliphatic heterocycles. The van der Waals surface area contributed by atoms with Gasteiger partial charge in [0, 0.05) is 48.5 Å². The minimum atomic E-state index is 0.305. The van der Waals surface area contributed by atoms with Crippen LogP contribution in [0.5, 0.6) is 0 Å². The third-order valence-corrected chi connectivity index (χ3v) is 7.35. The van der Waals surface area contributed by atoms with E-state index in [-0.39, 0.29) is 0 Å². The first kappa shape index (κ1) is 30.5. The molecule has 5 rings (SSSR count). The molecule has 1 atom stereocenters. The summed E-state index contributed by atoms with van der Waals surface area (Å²) in [6, 6.07) is 10.7. The van der Waals surface area contributed by atoms with Gasteiger partial charge in [-0.25, -0.2) is 4.98 Å². The van der Waals surface area contributed by atoms with Crippen LogP contribution < -0.4 is 5.32 Å². The Morgan fingerprint density at radius 2 is 1.92 bits per heavy atom. The van der Waals surface area contributed by atoms with Gasteiger partial charge in [-0.05, 0) is 99.0 Å². The zero-order valence-electron chi connectivity index (χ0n) is 24.2. The Morgan fingerprint density at radius 3 is 2.62 bits per heavy atom. The Kier molecular flexibility index (Phi) is 12.7. The smallest absolute Gasteiger partial charge is 0.105 e. The number of pyridine rings is 1. The average molecular weight is 546 g/mol. The molecule has 0 amide bonds. The molecule has 1 saturated heterocycles. The maximum Gasteiger partial charge on any atom is 0.105 e. The van der Waals surface area contributed by atoms with E-state index in [1.165, 1.54) is 40.8 Å². The Bertz CT molecular complexity index is 1250. The first-order valence-corrected chi connectivity index (χ1v) is 14.8. The summed E-state index contributed by atoms with van der Waals surface area (Å²) in [6.07, 6.45) is 18.1. The third kappa shape index (κ3) is 8.23. The molecule has 0 bridgehead atoms. The summed E-state index contributed by atoms with van der Waals surface area (Å²) in [5, 5.41) is 4.30. The highest BCUT2D eigenvalue weighted by Gasteiger charge is 2.33. The van der Waals surface area contributed by atoms with Gasteiger partial charge in [-0.2, -0.15) is 0 Å². The monoisotopic (exact) mass is 545 g/mol. The summed E-state index contributed by atoms with van der Waals surface area (Å²) in [4.78, 5) is 13.2. The first-order valence-electron chi connectivity index (χ1n) is 14.4. The molecule has 208 valence electrons. The maximum absolute atomic E-state index is 6.43. The van der Waals surface area contributed by atoms with Crippen molar-refractivity contribution in [3.63, 3.8) is 0 Å². The molecule has 0 radical (unpaired) electrons. The lowest BCUT2D eigenvalue weighted by atomic mass is 9.76. The van der Waals surface area contributed by atoms with Crippen molar-refractivity contribution in [1.29, 1.82) is 0 Å². The number of imidazole rings is 1. The second-order valence-corrected chi connectivity index (χ2v) is 10.0. The molecule has 3 aromatic rings. The van der Waals surface area contributed by atoms with Gasteiger partial charge in [0.1, 0.15) is 5.82 Å². The van der Waals surface area contributed by atoms with E-state index in [2.05, 4.69) is 70.2 Å². The number of rotatable bonds is 6. The van der Waals surface area contributed by atoms with E-state index in [1.807, 2.05) is 51.5 Å². The van der Waals surface area contributed by atoms with Crippen molar-refractivity contribution < 1.29 is 0 Å². The molecule has 2 aliphatic rings. The highest BCUT2D eigenvalue weighted by atomic mass is 35.5. The van der Waals surface area contributed by atoms with Gasteiger partial charge in [0.05, 0.1) is 5.69 Å². The van der Waals surface area contributed by atoms with E-state index in [4.69, 9.17) is 16.6 Å². The molecule has 1 N–H and O–H groups in total. The highest BCUT2D eigenvalue weighted by molar-refractivity contribution is 6.30. The fourth-order valence-corrected chi connectivity index (χ4v) is 5.48. The molecule has 1 aromatic carbocycles. The van der Waals surface area contributed by atoms with E-state index in [1.54, 1.807) is 6.20 Å². The van der Waals surface area contributed by atoms with Crippen molar-refractivity contribution >= 4 is 29.5 Å². The van der Waals surface area contributed by atoms with Crippen LogP contribution in [-0.2, 0) is 6.54 Å². The number of nitrogens with one attached hydrogen (secondary N) is 1. The van der Waals surface area contributed by atoms with Crippen LogP contribution in [-0.4, -0.2) is 33.8 Å². The topological polar surface area (TPSA) is 55.1 Å². The Labute approximate surface area is 240 Å². The summed E-state index contributed by atoms with van der Waals surface area (Å²) in [5.74, 6) is 1.94. The number of aryl methyl sites for hydroxylation is 2. The quantitative estimate of drug-likeness (QED) is 0.317. The molecular weight excluding hydrogens is 502 g/mol. The van der Waals surface area contributed by atoms with Gasteiger partial charge in [0.15, 0.2) is 0 Å². The molecule has 3 heterocycles. The Morgan fingerprint density at radius 1 is 1.13 bits per heavy atom. The molecule has 6 heteroatoms. The highest BCUT2D eigenvalue weighted by Crippen LogP contribution is 2.44. The molecule has 39 heavy (non-hydrogen) atoms. The Balaban J connectivity index is 0.000000409. The molecule has 1 aliphatic carbocycles. The van der Waals surface area contributed by atoms with Gasteiger partial charge in [-0.15, -0.1) is 0 Å². The van der Waals surface area contributed by atoms with E-state index < -0.39 is 0 Å². The minimum absolute atomic E-state index is 0.305. The van der Waals surface area contributed by atoms with E-state index in [0.29, 0.717) is 11.8 Å². The molecule has 2 aromatic heterocycles. The van der Waals surface area contributed by atoms with Crippen molar-refractivity contribution in [3.8, 4) is 0 Å². The lowest BCUT2D eigenvalue weighted by Gasteiger charge is -2.32. The van der Waals surface area contributed by atoms with Crippen LogP contribution >= 0.6 is 11.6 Å². The van der Waals surface area contributed by atoms with Crippen LogP contribution in [0.25, 0.3) is 11.6 Å². The molecular formula is C33H44ClN5. The van der Waals surface area contributed by atoms with Crippen LogP contribution in [0.1, 0.15) is 87.5 Å². The van der Waals surface area contributed by atoms with E-state index >= 15 is 0 Å². The normalized spacial score (nSPS) is 16.9. The zero-order chi connectivity index (χ0) is 28.0. The largest absolute Gasteiger partial charge is 0.335 e. The van der Waals surface area contributed by atoms with E-state index in [0.717, 1.165) is 43.3 Å². The first-order chi connectivity index (χ1) is 19.1. The lowest BCUT2D eigenvalue weighted by molar-refractivity contribution is 0.339. The molecule has 5 nitrogen and oxygen atoms in total. The molecule has 1 fully saturated rings. The fraction of sp³-hybridized carbons (Fsp3) is 0.424. The summed E-state index contributed by atoms with van der Waals surface area (Å²) in [6.45, 7) is 13.1. The number of aliphatic imine (C=N–C) groups is 1. The number of piperidine rings is 1. The van der Waals surface area contributed by atoms with Crippen LogP contribution in [0.15, 0.2) is 66.2 Å². The van der Waals surface area contributed by atoms with Crippen LogP contribution in [0.4, 0.5) is 0 Å². The van der Waals surface area contributed by atoms with Crippen molar-refractivity contribution in [2.24, 2.45) is 10.9 Å². The van der Waals surface area contributed by atoms with Gasteiger partial charge < -0.3 is 9.88 Å². The van der Waals surface area contributed by atoms with Gasteiger partial charge in [0.25, 0.3) is 0 Å². The number of halogens is 1. The second-order valence-electron chi connectivity index (χ2n) is 9.58. The standard InChI is InChI=1S/C25H27ClN4.C6H11N.C2H6/c1-17-28-12-14-30(17)13-8-19-15-20-16-21(26)4-5-22(20)24(18-6-10-27-11-7-18)25-23(19)3-2-9-29-25;1-3-5-7-6-4-2;1-2/h2-5,9,12,14-16,18,24,27H,6-8,10-11,13H2,1H3;3,5-6H,4H2,1-2H3;1-2H3/b;5-3-,7-6?;. The summed E-state index contributed by atoms with van der Waals surface area (Å²) >= 11 is 6.43. The van der Waals surface area contributed by atoms with Crippen LogP contribution in [0, 0.1) is 12.8 Å². The second kappa shape index (κ2) is 16.2. The SMILES string of the molecule is C/C=C\N=CCC.CC.Cc1nccn1CCC1=Cc2cc(Cl)ccc2C(C2CCNCC2)c2ncccc21. The number of allylic oxidation sites excluding steroid dienone is 2. The summed E-state index contributed by atoms with van der Waals surface area (Å²) in [7, 11) is 0. The predicted octanol–water partition coefficient (Wildman–Crippen LogP) is 8.34. The fourth-order valence-electron chi connectivity index (χ4n) is 5.30. The van der Waals surface area contributed by atoms with Crippen LogP contribution in [0.2, 0.25) is 5.02 Å². The molecule has 0 saturated carbocycles. The third-order valence-electron chi connectivity index (χ3n) is 7.12. The summed E-state index contributed by atoms with van der Waals surface area (Å²) in [5.41, 5.74) is 6.43. The maximum atomic E-state index is 6.43. The number of fused-ring (bicyclic) bond motifs is 2. The average Bonchev–Trinajstić information content (AvgIpc) is 3.33. The number of hydrogen-bond donors (Lipinski definition) is 1. The van der Waals surface area contributed by atoms with Crippen molar-refractivity contribution in [2.75, 3.05) is 13.1 Å². The van der Waals surface area contributed by atoms with E-state index in [9.17, 15) is 0 Å². The number of benzene rings is 1. The summed E-state index contributed by atoms with van der Waals surface area (Å²) < 4.78 is 2.21.